The maximum atomic E-state index is 5.30. The van der Waals surface area contributed by atoms with Gasteiger partial charge >= 0.3 is 0 Å². The minimum Gasteiger partial charge on any atom is -0.377 e. The molecular formula is C8H11NO. The second kappa shape index (κ2) is 2.54. The lowest BCUT2D eigenvalue weighted by Crippen LogP contribution is -2.20. The van der Waals surface area contributed by atoms with Crippen molar-refractivity contribution in [1.82, 2.24) is 0 Å². The molecule has 0 amide bonds. The van der Waals surface area contributed by atoms with E-state index >= 15 is 0 Å². The highest BCUT2D eigenvalue weighted by Gasteiger charge is 2.19. The third-order valence-electron chi connectivity index (χ3n) is 2.14. The second-order valence-corrected chi connectivity index (χ2v) is 2.81. The molecule has 0 spiro atoms. The molecule has 0 aromatic carbocycles. The average molecular weight is 137 g/mol. The normalized spacial score (nSPS) is 31.2. The van der Waals surface area contributed by atoms with Gasteiger partial charge in [-0.15, -0.1) is 0 Å². The van der Waals surface area contributed by atoms with Crippen LogP contribution in [0.15, 0.2) is 16.8 Å². The summed E-state index contributed by atoms with van der Waals surface area (Å²) in [5.74, 6) is 0.742. The smallest absolute Gasteiger partial charge is 0.0697 e. The third kappa shape index (κ3) is 0.991. The van der Waals surface area contributed by atoms with Crippen LogP contribution in [0.4, 0.5) is 0 Å². The lowest BCUT2D eigenvalue weighted by molar-refractivity contribution is 0.108. The van der Waals surface area contributed by atoms with Gasteiger partial charge in [0.05, 0.1) is 6.61 Å². The van der Waals surface area contributed by atoms with E-state index in [0.29, 0.717) is 0 Å². The molecule has 0 aromatic heterocycles. The zero-order valence-electron chi connectivity index (χ0n) is 5.92. The minimum absolute atomic E-state index is 0.742. The molecule has 54 valence electrons. The molecule has 0 saturated carbocycles. The van der Waals surface area contributed by atoms with Crippen LogP contribution in [0.1, 0.15) is 12.8 Å². The highest BCUT2D eigenvalue weighted by atomic mass is 16.5. The van der Waals surface area contributed by atoms with Crippen LogP contribution in [0.25, 0.3) is 0 Å². The molecule has 0 aromatic rings. The van der Waals surface area contributed by atoms with Gasteiger partial charge in [-0.25, -0.2) is 0 Å². The van der Waals surface area contributed by atoms with Crippen molar-refractivity contribution in [3.8, 4) is 0 Å². The van der Waals surface area contributed by atoms with E-state index in [9.17, 15) is 0 Å². The lowest BCUT2D eigenvalue weighted by atomic mass is 9.91. The van der Waals surface area contributed by atoms with Crippen molar-refractivity contribution in [3.05, 3.63) is 11.8 Å². The van der Waals surface area contributed by atoms with Crippen LogP contribution in [0, 0.1) is 5.92 Å². The Balaban J connectivity index is 2.14. The summed E-state index contributed by atoms with van der Waals surface area (Å²) in [7, 11) is 0. The van der Waals surface area contributed by atoms with Crippen LogP contribution in [0.3, 0.4) is 0 Å². The van der Waals surface area contributed by atoms with E-state index in [1.807, 2.05) is 12.4 Å². The van der Waals surface area contributed by atoms with E-state index in [4.69, 9.17) is 4.74 Å². The Morgan fingerprint density at radius 1 is 1.60 bits per heavy atom. The summed E-state index contributed by atoms with van der Waals surface area (Å²) in [6, 6.07) is 0. The SMILES string of the molecule is C1=NC=C2COCCC2C1. The Bertz CT molecular complexity index is 184. The Morgan fingerprint density at radius 2 is 2.60 bits per heavy atom. The molecular weight excluding hydrogens is 126 g/mol. The van der Waals surface area contributed by atoms with Crippen molar-refractivity contribution >= 4 is 6.21 Å². The van der Waals surface area contributed by atoms with Crippen molar-refractivity contribution in [2.45, 2.75) is 12.8 Å². The maximum absolute atomic E-state index is 5.30. The molecule has 2 heterocycles. The largest absolute Gasteiger partial charge is 0.377 e. The van der Waals surface area contributed by atoms with Gasteiger partial charge in [0.2, 0.25) is 0 Å². The Hall–Kier alpha value is -0.630. The highest BCUT2D eigenvalue weighted by Crippen LogP contribution is 2.25. The maximum Gasteiger partial charge on any atom is 0.0697 e. The molecule has 2 nitrogen and oxygen atoms in total. The van der Waals surface area contributed by atoms with Crippen molar-refractivity contribution in [3.63, 3.8) is 0 Å². The van der Waals surface area contributed by atoms with Gasteiger partial charge in [-0.3, -0.25) is 4.99 Å². The Morgan fingerprint density at radius 3 is 3.50 bits per heavy atom. The van der Waals surface area contributed by atoms with Crippen LogP contribution in [-0.4, -0.2) is 19.4 Å². The summed E-state index contributed by atoms with van der Waals surface area (Å²) < 4.78 is 5.30. The van der Waals surface area contributed by atoms with Crippen LogP contribution in [0.2, 0.25) is 0 Å². The number of aliphatic imine (C=N–C) groups is 1. The molecule has 1 unspecified atom stereocenters. The number of hydrogen-bond donors (Lipinski definition) is 0. The first-order chi connectivity index (χ1) is 4.97. The Kier molecular flexibility index (Phi) is 1.55. The van der Waals surface area contributed by atoms with Gasteiger partial charge in [-0.05, 0) is 24.3 Å². The predicted octanol–water partition coefficient (Wildman–Crippen LogP) is 1.38. The molecule has 0 bridgehead atoms. The van der Waals surface area contributed by atoms with Gasteiger partial charge in [0.15, 0.2) is 0 Å². The van der Waals surface area contributed by atoms with Gasteiger partial charge in [0.25, 0.3) is 0 Å². The highest BCUT2D eigenvalue weighted by molar-refractivity contribution is 5.61. The van der Waals surface area contributed by atoms with Crippen molar-refractivity contribution < 1.29 is 4.74 Å². The van der Waals surface area contributed by atoms with Gasteiger partial charge in [0.1, 0.15) is 0 Å². The third-order valence-corrected chi connectivity index (χ3v) is 2.14. The first kappa shape index (κ1) is 6.10. The van der Waals surface area contributed by atoms with Crippen molar-refractivity contribution in [2.75, 3.05) is 13.2 Å². The standard InChI is InChI=1S/C8H11NO/c1-3-9-5-8-6-10-4-2-7(1)8/h3,5,7H,1-2,4,6H2. The fourth-order valence-electron chi connectivity index (χ4n) is 1.47. The van der Waals surface area contributed by atoms with Crippen molar-refractivity contribution in [2.24, 2.45) is 10.9 Å². The van der Waals surface area contributed by atoms with Crippen LogP contribution >= 0.6 is 0 Å². The zero-order valence-corrected chi connectivity index (χ0v) is 5.92. The molecule has 1 saturated heterocycles. The van der Waals surface area contributed by atoms with Crippen molar-refractivity contribution in [1.29, 1.82) is 0 Å². The van der Waals surface area contributed by atoms with E-state index < -0.39 is 0 Å². The summed E-state index contributed by atoms with van der Waals surface area (Å²) in [4.78, 5) is 4.09. The number of hydrogen-bond acceptors (Lipinski definition) is 2. The molecule has 10 heavy (non-hydrogen) atoms. The zero-order chi connectivity index (χ0) is 6.81. The first-order valence-electron chi connectivity index (χ1n) is 3.75. The topological polar surface area (TPSA) is 21.6 Å². The fourth-order valence-corrected chi connectivity index (χ4v) is 1.47. The summed E-state index contributed by atoms with van der Waals surface area (Å²) in [6.45, 7) is 1.73. The molecule has 0 N–H and O–H groups in total. The number of rotatable bonds is 0. The molecule has 2 aliphatic rings. The van der Waals surface area contributed by atoms with Crippen LogP contribution in [-0.2, 0) is 4.74 Å². The molecule has 2 heteroatoms. The average Bonchev–Trinajstić information content (AvgIpc) is 2.05. The first-order valence-corrected chi connectivity index (χ1v) is 3.75. The Labute approximate surface area is 60.6 Å². The number of nitrogens with zero attached hydrogens (tertiary/aromatic N) is 1. The quantitative estimate of drug-likeness (QED) is 0.494. The molecule has 2 rings (SSSR count). The molecule has 0 aliphatic carbocycles. The second-order valence-electron chi connectivity index (χ2n) is 2.81. The minimum atomic E-state index is 0.742. The van der Waals surface area contributed by atoms with Gasteiger partial charge < -0.3 is 4.74 Å². The summed E-state index contributed by atoms with van der Waals surface area (Å²) in [5, 5.41) is 0. The van der Waals surface area contributed by atoms with Gasteiger partial charge in [0, 0.05) is 19.0 Å². The molecule has 1 atom stereocenters. The lowest BCUT2D eigenvalue weighted by Gasteiger charge is -2.25. The van der Waals surface area contributed by atoms with Crippen LogP contribution in [0.5, 0.6) is 0 Å². The predicted molar refractivity (Wildman–Crippen MR) is 40.1 cm³/mol. The van der Waals surface area contributed by atoms with Crippen LogP contribution < -0.4 is 0 Å². The monoisotopic (exact) mass is 137 g/mol. The number of ether oxygens (including phenoxy) is 1. The summed E-state index contributed by atoms with van der Waals surface area (Å²) in [6.07, 6.45) is 6.25. The fraction of sp³-hybridized carbons (Fsp3) is 0.625. The van der Waals surface area contributed by atoms with E-state index in [1.165, 1.54) is 12.0 Å². The summed E-state index contributed by atoms with van der Waals surface area (Å²) in [5.41, 5.74) is 1.38. The van der Waals surface area contributed by atoms with E-state index in [1.54, 1.807) is 0 Å². The van der Waals surface area contributed by atoms with E-state index in [0.717, 1.165) is 25.6 Å². The van der Waals surface area contributed by atoms with E-state index in [-0.39, 0.29) is 0 Å². The van der Waals surface area contributed by atoms with Gasteiger partial charge in [-0.2, -0.15) is 0 Å². The summed E-state index contributed by atoms with van der Waals surface area (Å²) >= 11 is 0. The molecule has 1 fully saturated rings. The molecule has 2 aliphatic heterocycles. The molecule has 0 radical (unpaired) electrons. The van der Waals surface area contributed by atoms with Gasteiger partial charge in [-0.1, -0.05) is 0 Å². The number of fused-ring (bicyclic) bond motifs is 1. The van der Waals surface area contributed by atoms with E-state index in [2.05, 4.69) is 4.99 Å².